The molecule has 0 fully saturated rings. The number of hydrogen-bond acceptors (Lipinski definition) is 5. The largest absolute Gasteiger partial charge is 0.453 e. The van der Waals surface area contributed by atoms with Gasteiger partial charge in [0.1, 0.15) is 10.8 Å². The van der Waals surface area contributed by atoms with Crippen LogP contribution in [0.4, 0.5) is 0 Å². The summed E-state index contributed by atoms with van der Waals surface area (Å²) in [6, 6.07) is 3.98. The van der Waals surface area contributed by atoms with Gasteiger partial charge < -0.3 is 8.98 Å². The van der Waals surface area contributed by atoms with Gasteiger partial charge in [0.2, 0.25) is 0 Å². The zero-order chi connectivity index (χ0) is 17.9. The zero-order valence-electron chi connectivity index (χ0n) is 14.9. The zero-order valence-corrected chi connectivity index (χ0v) is 17.3. The Morgan fingerprint density at radius 2 is 2.31 bits per heavy atom. The fourth-order valence-electron chi connectivity index (χ4n) is 3.40. The Kier molecular flexibility index (Phi) is 5.57. The quantitative estimate of drug-likeness (QED) is 0.548. The summed E-state index contributed by atoms with van der Waals surface area (Å²) in [5.74, 6) is 1.76. The first-order chi connectivity index (χ1) is 12.7. The van der Waals surface area contributed by atoms with Crippen molar-refractivity contribution in [2.45, 2.75) is 45.8 Å². The van der Waals surface area contributed by atoms with Gasteiger partial charge in [0.05, 0.1) is 25.1 Å². The molecule has 1 unspecified atom stereocenters. The third kappa shape index (κ3) is 4.45. The molecule has 0 bridgehead atoms. The number of halogens is 1. The lowest BCUT2D eigenvalue weighted by Gasteiger charge is -2.20. The van der Waals surface area contributed by atoms with Gasteiger partial charge >= 0.3 is 0 Å². The molecule has 3 heterocycles. The summed E-state index contributed by atoms with van der Waals surface area (Å²) in [5, 5.41) is 1.22. The van der Waals surface area contributed by atoms with E-state index in [1.807, 2.05) is 42.2 Å². The second-order valence-electron chi connectivity index (χ2n) is 7.04. The van der Waals surface area contributed by atoms with Crippen LogP contribution in [0.1, 0.15) is 34.7 Å². The van der Waals surface area contributed by atoms with E-state index in [4.69, 9.17) is 9.40 Å². The van der Waals surface area contributed by atoms with Gasteiger partial charge in [-0.05, 0) is 53.2 Å². The van der Waals surface area contributed by atoms with Crippen LogP contribution in [-0.4, -0.2) is 26.0 Å². The van der Waals surface area contributed by atoms with Crippen molar-refractivity contribution in [2.75, 3.05) is 6.54 Å². The van der Waals surface area contributed by atoms with Crippen LogP contribution in [-0.2, 0) is 32.5 Å². The maximum atomic E-state index is 5.72. The summed E-state index contributed by atoms with van der Waals surface area (Å²) in [7, 11) is 0. The molecule has 0 saturated heterocycles. The Morgan fingerprint density at radius 3 is 3.08 bits per heavy atom. The van der Waals surface area contributed by atoms with Crippen molar-refractivity contribution < 1.29 is 4.42 Å². The molecule has 0 aromatic carbocycles. The summed E-state index contributed by atoms with van der Waals surface area (Å²) in [5.41, 5.74) is 1.33. The van der Waals surface area contributed by atoms with Crippen LogP contribution in [0.15, 0.2) is 39.9 Å². The van der Waals surface area contributed by atoms with E-state index in [9.17, 15) is 0 Å². The smallest absolute Gasteiger partial charge is 0.169 e. The molecule has 5 nitrogen and oxygen atoms in total. The van der Waals surface area contributed by atoms with Crippen molar-refractivity contribution in [1.29, 1.82) is 0 Å². The van der Waals surface area contributed by atoms with Crippen molar-refractivity contribution in [3.8, 4) is 0 Å². The van der Waals surface area contributed by atoms with E-state index in [1.54, 1.807) is 0 Å². The van der Waals surface area contributed by atoms with Crippen molar-refractivity contribution in [3.63, 3.8) is 0 Å². The number of imidazole rings is 1. The lowest BCUT2D eigenvalue weighted by molar-refractivity contribution is 0.224. The summed E-state index contributed by atoms with van der Waals surface area (Å²) >= 11 is 5.29. The van der Waals surface area contributed by atoms with E-state index in [0.717, 1.165) is 48.9 Å². The molecule has 1 atom stereocenters. The standard InChI is InChI=1S/C19H23BrN4OS/c1-14-2-4-16-17(10-14)26-19(22-16)12-24(9-8-23-7-6-21-13-23)11-15-3-5-18(20)25-15/h3,5-7,13-14H,2,4,8-12H2,1H3. The van der Waals surface area contributed by atoms with Crippen LogP contribution in [0.5, 0.6) is 0 Å². The van der Waals surface area contributed by atoms with E-state index in [0.29, 0.717) is 0 Å². The van der Waals surface area contributed by atoms with Crippen LogP contribution in [0, 0.1) is 5.92 Å². The average molecular weight is 435 g/mol. The van der Waals surface area contributed by atoms with Gasteiger partial charge in [0.25, 0.3) is 0 Å². The molecule has 1 aliphatic carbocycles. The Balaban J connectivity index is 1.46. The normalized spacial score (nSPS) is 17.0. The molecule has 0 radical (unpaired) electrons. The minimum atomic E-state index is 0.778. The SMILES string of the molecule is CC1CCc2nc(CN(CCn3ccnc3)Cc3ccc(Br)o3)sc2C1. The molecule has 0 spiro atoms. The maximum absolute atomic E-state index is 5.72. The number of hydrogen-bond donors (Lipinski definition) is 0. The van der Waals surface area contributed by atoms with Crippen molar-refractivity contribution in [2.24, 2.45) is 5.92 Å². The van der Waals surface area contributed by atoms with Gasteiger partial charge in [-0.2, -0.15) is 0 Å². The van der Waals surface area contributed by atoms with Crippen LogP contribution in [0.2, 0.25) is 0 Å². The summed E-state index contributed by atoms with van der Waals surface area (Å²) in [6.45, 7) is 5.81. The number of furan rings is 1. The molecule has 4 rings (SSSR count). The number of aryl methyl sites for hydroxylation is 1. The predicted octanol–water partition coefficient (Wildman–Crippen LogP) is 4.52. The Labute approximate surface area is 166 Å². The molecule has 3 aromatic heterocycles. The molecule has 7 heteroatoms. The molecule has 3 aromatic rings. The summed E-state index contributed by atoms with van der Waals surface area (Å²) < 4.78 is 8.61. The van der Waals surface area contributed by atoms with Crippen molar-refractivity contribution in [3.05, 3.63) is 56.9 Å². The fourth-order valence-corrected chi connectivity index (χ4v) is 5.06. The van der Waals surface area contributed by atoms with Crippen molar-refractivity contribution in [1.82, 2.24) is 19.4 Å². The number of nitrogens with zero attached hydrogens (tertiary/aromatic N) is 4. The Hall–Kier alpha value is -1.44. The van der Waals surface area contributed by atoms with Crippen LogP contribution in [0.25, 0.3) is 0 Å². The van der Waals surface area contributed by atoms with Gasteiger partial charge in [-0.25, -0.2) is 9.97 Å². The monoisotopic (exact) mass is 434 g/mol. The summed E-state index contributed by atoms with van der Waals surface area (Å²) in [6.07, 6.45) is 9.28. The van der Waals surface area contributed by atoms with E-state index >= 15 is 0 Å². The highest BCUT2D eigenvalue weighted by Gasteiger charge is 2.21. The fraction of sp³-hybridized carbons (Fsp3) is 0.474. The molecule has 0 amide bonds. The van der Waals surface area contributed by atoms with Gasteiger partial charge in [0, 0.05) is 30.4 Å². The van der Waals surface area contributed by atoms with Crippen LogP contribution < -0.4 is 0 Å². The van der Waals surface area contributed by atoms with Crippen LogP contribution >= 0.6 is 27.3 Å². The molecule has 0 aliphatic heterocycles. The van der Waals surface area contributed by atoms with Gasteiger partial charge in [-0.1, -0.05) is 6.92 Å². The molecular weight excluding hydrogens is 412 g/mol. The lowest BCUT2D eigenvalue weighted by Crippen LogP contribution is -2.26. The first-order valence-electron chi connectivity index (χ1n) is 9.05. The van der Waals surface area contributed by atoms with Gasteiger partial charge in [-0.15, -0.1) is 11.3 Å². The predicted molar refractivity (Wildman–Crippen MR) is 106 cm³/mol. The molecule has 0 N–H and O–H groups in total. The van der Waals surface area contributed by atoms with Gasteiger partial charge in [0.15, 0.2) is 4.67 Å². The molecular formula is C19H23BrN4OS. The highest BCUT2D eigenvalue weighted by atomic mass is 79.9. The first-order valence-corrected chi connectivity index (χ1v) is 10.7. The number of rotatable bonds is 7. The molecule has 1 aliphatic rings. The minimum Gasteiger partial charge on any atom is -0.453 e. The highest BCUT2D eigenvalue weighted by molar-refractivity contribution is 9.10. The molecule has 138 valence electrons. The minimum absolute atomic E-state index is 0.778. The molecule has 26 heavy (non-hydrogen) atoms. The number of thiazole rings is 1. The third-order valence-electron chi connectivity index (χ3n) is 4.83. The van der Waals surface area contributed by atoms with Gasteiger partial charge in [-0.3, -0.25) is 4.90 Å². The Morgan fingerprint density at radius 1 is 1.38 bits per heavy atom. The third-order valence-corrected chi connectivity index (χ3v) is 6.36. The number of aromatic nitrogens is 3. The lowest BCUT2D eigenvalue weighted by atomic mass is 9.93. The second kappa shape index (κ2) is 8.06. The summed E-state index contributed by atoms with van der Waals surface area (Å²) in [4.78, 5) is 13.0. The van der Waals surface area contributed by atoms with E-state index in [-0.39, 0.29) is 0 Å². The van der Waals surface area contributed by atoms with Crippen molar-refractivity contribution >= 4 is 27.3 Å². The highest BCUT2D eigenvalue weighted by Crippen LogP contribution is 2.30. The van der Waals surface area contributed by atoms with E-state index < -0.39 is 0 Å². The topological polar surface area (TPSA) is 47.1 Å². The van der Waals surface area contributed by atoms with E-state index in [2.05, 4.69) is 37.3 Å². The van der Waals surface area contributed by atoms with Crippen LogP contribution in [0.3, 0.4) is 0 Å². The Bertz CT molecular complexity index is 842. The average Bonchev–Trinajstić information content (AvgIpc) is 3.33. The van der Waals surface area contributed by atoms with E-state index in [1.165, 1.54) is 28.4 Å². The first kappa shape index (κ1) is 17.9. The second-order valence-corrected chi connectivity index (χ2v) is 8.99. The molecule has 0 saturated carbocycles. The number of fused-ring (bicyclic) bond motifs is 1. The maximum Gasteiger partial charge on any atom is 0.169 e.